The van der Waals surface area contributed by atoms with Crippen LogP contribution in [0, 0.1) is 13.8 Å². The van der Waals surface area contributed by atoms with Gasteiger partial charge < -0.3 is 10.3 Å². The van der Waals surface area contributed by atoms with E-state index in [-0.39, 0.29) is 0 Å². The molecule has 3 aromatic rings. The molecule has 17 heavy (non-hydrogen) atoms. The summed E-state index contributed by atoms with van der Waals surface area (Å²) in [6.45, 7) is 3.77. The zero-order chi connectivity index (χ0) is 12.0. The summed E-state index contributed by atoms with van der Waals surface area (Å²) in [4.78, 5) is 4.33. The van der Waals surface area contributed by atoms with E-state index in [0.29, 0.717) is 5.69 Å². The zero-order valence-corrected chi connectivity index (χ0v) is 9.64. The molecule has 0 spiro atoms. The topological polar surface area (TPSA) is 69.9 Å². The van der Waals surface area contributed by atoms with Gasteiger partial charge in [0.2, 0.25) is 0 Å². The highest BCUT2D eigenvalue weighted by molar-refractivity contribution is 5.88. The molecule has 0 fully saturated rings. The van der Waals surface area contributed by atoms with Crippen molar-refractivity contribution < 1.29 is 4.52 Å². The third-order valence-electron chi connectivity index (χ3n) is 2.84. The molecule has 0 amide bonds. The second-order valence-electron chi connectivity index (χ2n) is 4.00. The van der Waals surface area contributed by atoms with Gasteiger partial charge in [0.15, 0.2) is 5.76 Å². The van der Waals surface area contributed by atoms with Gasteiger partial charge in [0.05, 0.1) is 16.7 Å². The van der Waals surface area contributed by atoms with Crippen LogP contribution in [0.5, 0.6) is 0 Å². The zero-order valence-electron chi connectivity index (χ0n) is 9.64. The maximum atomic E-state index is 6.00. The molecule has 0 aliphatic carbocycles. The van der Waals surface area contributed by atoms with Crippen LogP contribution in [0.1, 0.15) is 11.5 Å². The Morgan fingerprint density at radius 2 is 2.12 bits per heavy atom. The standard InChI is InChI=1S/C12H12N4O/c1-7-11(8(2)17-15-7)16-6-14-10-5-3-4-9(13)12(10)16/h3-6H,13H2,1-2H3. The molecule has 0 saturated heterocycles. The number of benzene rings is 1. The van der Waals surface area contributed by atoms with Crippen molar-refractivity contribution in [3.8, 4) is 5.69 Å². The molecule has 0 bridgehead atoms. The molecule has 1 aromatic carbocycles. The molecule has 0 atom stereocenters. The number of para-hydroxylation sites is 1. The number of anilines is 1. The van der Waals surface area contributed by atoms with Crippen molar-refractivity contribution >= 4 is 16.7 Å². The van der Waals surface area contributed by atoms with Crippen molar-refractivity contribution in [3.63, 3.8) is 0 Å². The average molecular weight is 228 g/mol. The second-order valence-corrected chi connectivity index (χ2v) is 4.00. The van der Waals surface area contributed by atoms with Crippen LogP contribution in [0.15, 0.2) is 29.0 Å². The van der Waals surface area contributed by atoms with Gasteiger partial charge in [-0.15, -0.1) is 0 Å². The molecule has 0 saturated carbocycles. The fourth-order valence-electron chi connectivity index (χ4n) is 2.08. The summed E-state index contributed by atoms with van der Waals surface area (Å²) >= 11 is 0. The fourth-order valence-corrected chi connectivity index (χ4v) is 2.08. The SMILES string of the molecule is Cc1noc(C)c1-n1cnc2cccc(N)c21. The normalized spacial score (nSPS) is 11.2. The van der Waals surface area contributed by atoms with Gasteiger partial charge in [-0.1, -0.05) is 11.2 Å². The van der Waals surface area contributed by atoms with E-state index in [4.69, 9.17) is 10.3 Å². The number of rotatable bonds is 1. The van der Waals surface area contributed by atoms with Crippen LogP contribution >= 0.6 is 0 Å². The Kier molecular flexibility index (Phi) is 1.95. The number of imidazole rings is 1. The highest BCUT2D eigenvalue weighted by atomic mass is 16.5. The fraction of sp³-hybridized carbons (Fsp3) is 0.167. The summed E-state index contributed by atoms with van der Waals surface area (Å²) in [5.41, 5.74) is 10.2. The van der Waals surface area contributed by atoms with E-state index in [0.717, 1.165) is 28.2 Å². The van der Waals surface area contributed by atoms with E-state index >= 15 is 0 Å². The first-order valence-corrected chi connectivity index (χ1v) is 5.33. The summed E-state index contributed by atoms with van der Waals surface area (Å²) in [6, 6.07) is 5.68. The van der Waals surface area contributed by atoms with Crippen molar-refractivity contribution in [1.82, 2.24) is 14.7 Å². The van der Waals surface area contributed by atoms with Gasteiger partial charge in [0, 0.05) is 0 Å². The van der Waals surface area contributed by atoms with Crippen molar-refractivity contribution in [2.75, 3.05) is 5.73 Å². The van der Waals surface area contributed by atoms with Crippen LogP contribution in [0.2, 0.25) is 0 Å². The number of hydrogen-bond acceptors (Lipinski definition) is 4. The molecule has 5 heteroatoms. The van der Waals surface area contributed by atoms with Crippen LogP contribution in [0.25, 0.3) is 16.7 Å². The van der Waals surface area contributed by atoms with E-state index in [2.05, 4.69) is 10.1 Å². The van der Waals surface area contributed by atoms with Crippen molar-refractivity contribution in [3.05, 3.63) is 36.0 Å². The Balaban J connectivity index is 2.39. The molecular formula is C12H12N4O. The van der Waals surface area contributed by atoms with Gasteiger partial charge in [-0.2, -0.15) is 0 Å². The lowest BCUT2D eigenvalue weighted by molar-refractivity contribution is 0.393. The minimum atomic E-state index is 0.694. The lowest BCUT2D eigenvalue weighted by Gasteiger charge is -2.04. The molecule has 0 unspecified atom stereocenters. The summed E-state index contributed by atoms with van der Waals surface area (Å²) in [5.74, 6) is 0.755. The summed E-state index contributed by atoms with van der Waals surface area (Å²) in [7, 11) is 0. The maximum Gasteiger partial charge on any atom is 0.157 e. The Bertz CT molecular complexity index is 676. The molecule has 2 aromatic heterocycles. The average Bonchev–Trinajstić information content (AvgIpc) is 2.84. The number of nitrogen functional groups attached to an aromatic ring is 1. The van der Waals surface area contributed by atoms with Crippen molar-refractivity contribution in [1.29, 1.82) is 0 Å². The number of nitrogens with two attached hydrogens (primary N) is 1. The Morgan fingerprint density at radius 3 is 2.82 bits per heavy atom. The second kappa shape index (κ2) is 3.35. The number of aromatic nitrogens is 3. The molecule has 0 aliphatic rings. The molecule has 2 heterocycles. The lowest BCUT2D eigenvalue weighted by Crippen LogP contribution is -1.97. The number of hydrogen-bond donors (Lipinski definition) is 1. The van der Waals surface area contributed by atoms with Crippen molar-refractivity contribution in [2.24, 2.45) is 0 Å². The Morgan fingerprint density at radius 1 is 1.29 bits per heavy atom. The third-order valence-corrected chi connectivity index (χ3v) is 2.84. The molecule has 0 radical (unpaired) electrons. The van der Waals surface area contributed by atoms with Crippen LogP contribution in [-0.2, 0) is 0 Å². The Hall–Kier alpha value is -2.30. The molecule has 0 aliphatic heterocycles. The maximum absolute atomic E-state index is 6.00. The van der Waals surface area contributed by atoms with Gasteiger partial charge >= 0.3 is 0 Å². The van der Waals surface area contributed by atoms with Crippen LogP contribution in [-0.4, -0.2) is 14.7 Å². The van der Waals surface area contributed by atoms with Gasteiger partial charge in [0.1, 0.15) is 17.7 Å². The molecule has 3 rings (SSSR count). The third kappa shape index (κ3) is 1.32. The van der Waals surface area contributed by atoms with E-state index < -0.39 is 0 Å². The van der Waals surface area contributed by atoms with Crippen LogP contribution < -0.4 is 5.73 Å². The largest absolute Gasteiger partial charge is 0.397 e. The number of fused-ring (bicyclic) bond motifs is 1. The number of nitrogens with zero attached hydrogens (tertiary/aromatic N) is 3. The molecule has 5 nitrogen and oxygen atoms in total. The minimum Gasteiger partial charge on any atom is -0.397 e. The van der Waals surface area contributed by atoms with E-state index in [1.165, 1.54) is 0 Å². The first-order valence-electron chi connectivity index (χ1n) is 5.33. The highest BCUT2D eigenvalue weighted by Crippen LogP contribution is 2.26. The summed E-state index contributed by atoms with van der Waals surface area (Å²) < 4.78 is 7.09. The molecule has 86 valence electrons. The Labute approximate surface area is 97.8 Å². The first kappa shape index (κ1) is 9.89. The monoisotopic (exact) mass is 228 g/mol. The van der Waals surface area contributed by atoms with Gasteiger partial charge in [-0.3, -0.25) is 4.57 Å². The smallest absolute Gasteiger partial charge is 0.157 e. The van der Waals surface area contributed by atoms with Gasteiger partial charge in [-0.25, -0.2) is 4.98 Å². The molecule has 2 N–H and O–H groups in total. The quantitative estimate of drug-likeness (QED) is 0.648. The van der Waals surface area contributed by atoms with Crippen LogP contribution in [0.3, 0.4) is 0 Å². The summed E-state index contributed by atoms with van der Waals surface area (Å²) in [6.07, 6.45) is 1.74. The van der Waals surface area contributed by atoms with Crippen LogP contribution in [0.4, 0.5) is 5.69 Å². The predicted octanol–water partition coefficient (Wildman–Crippen LogP) is 2.21. The van der Waals surface area contributed by atoms with Crippen molar-refractivity contribution in [2.45, 2.75) is 13.8 Å². The molecular weight excluding hydrogens is 216 g/mol. The van der Waals surface area contributed by atoms with E-state index in [1.54, 1.807) is 6.33 Å². The van der Waals surface area contributed by atoms with E-state index in [1.807, 2.05) is 36.6 Å². The predicted molar refractivity (Wildman–Crippen MR) is 65.0 cm³/mol. The minimum absolute atomic E-state index is 0.694. The first-order chi connectivity index (χ1) is 8.18. The summed E-state index contributed by atoms with van der Waals surface area (Å²) in [5, 5.41) is 3.94. The van der Waals surface area contributed by atoms with E-state index in [9.17, 15) is 0 Å². The highest BCUT2D eigenvalue weighted by Gasteiger charge is 2.15. The van der Waals surface area contributed by atoms with Gasteiger partial charge in [-0.05, 0) is 26.0 Å². The van der Waals surface area contributed by atoms with Gasteiger partial charge in [0.25, 0.3) is 0 Å². The number of aryl methyl sites for hydroxylation is 2. The lowest BCUT2D eigenvalue weighted by atomic mass is 10.2.